The van der Waals surface area contributed by atoms with Gasteiger partial charge in [0.05, 0.1) is 19.5 Å². The zero-order valence-corrected chi connectivity index (χ0v) is 13.7. The molecule has 24 heavy (non-hydrogen) atoms. The number of fused-ring (bicyclic) bond motifs is 1. The lowest BCUT2D eigenvalue weighted by atomic mass is 9.97. The Morgan fingerprint density at radius 2 is 2.21 bits per heavy atom. The lowest BCUT2D eigenvalue weighted by Gasteiger charge is -2.25. The fourth-order valence-electron chi connectivity index (χ4n) is 2.82. The van der Waals surface area contributed by atoms with Crippen LogP contribution in [0.25, 0.3) is 0 Å². The molecule has 128 valence electrons. The maximum atomic E-state index is 12.2. The Labute approximate surface area is 141 Å². The molecule has 1 aromatic carbocycles. The number of furan rings is 1. The molecule has 2 heterocycles. The van der Waals surface area contributed by atoms with Crippen molar-refractivity contribution in [3.63, 3.8) is 0 Å². The molecular formula is C18H22N2O4. The highest BCUT2D eigenvalue weighted by atomic mass is 16.5. The van der Waals surface area contributed by atoms with Crippen molar-refractivity contribution >= 4 is 6.03 Å². The summed E-state index contributed by atoms with van der Waals surface area (Å²) in [5, 5.41) is 5.78. The highest BCUT2D eigenvalue weighted by Gasteiger charge is 2.21. The Hall–Kier alpha value is -2.47. The highest BCUT2D eigenvalue weighted by Crippen LogP contribution is 2.26. The van der Waals surface area contributed by atoms with Gasteiger partial charge in [0.2, 0.25) is 0 Å². The molecule has 2 N–H and O–H groups in total. The van der Waals surface area contributed by atoms with E-state index in [0.717, 1.165) is 12.2 Å². The first-order valence-corrected chi connectivity index (χ1v) is 8.03. The summed E-state index contributed by atoms with van der Waals surface area (Å²) >= 11 is 0. The molecule has 0 aliphatic carbocycles. The molecular weight excluding hydrogens is 308 g/mol. The van der Waals surface area contributed by atoms with Crippen LogP contribution in [-0.2, 0) is 11.2 Å². The monoisotopic (exact) mass is 330 g/mol. The van der Waals surface area contributed by atoms with Crippen LogP contribution in [0.15, 0.2) is 47.1 Å². The third kappa shape index (κ3) is 4.08. The van der Waals surface area contributed by atoms with Crippen molar-refractivity contribution in [3.8, 4) is 5.75 Å². The molecule has 3 rings (SSSR count). The second kappa shape index (κ2) is 7.88. The SMILES string of the molecule is COCC(NC(=O)NCC1COc2ccccc2C1)c1ccco1. The predicted molar refractivity (Wildman–Crippen MR) is 89.0 cm³/mol. The zero-order valence-electron chi connectivity index (χ0n) is 13.7. The first-order valence-electron chi connectivity index (χ1n) is 8.03. The number of nitrogens with one attached hydrogen (secondary N) is 2. The third-order valence-electron chi connectivity index (χ3n) is 4.03. The Morgan fingerprint density at radius 3 is 3.00 bits per heavy atom. The number of carbonyl (C=O) groups is 1. The molecule has 6 nitrogen and oxygen atoms in total. The van der Waals surface area contributed by atoms with Gasteiger partial charge in [0.1, 0.15) is 17.6 Å². The van der Waals surface area contributed by atoms with Gasteiger partial charge in [0, 0.05) is 19.6 Å². The molecule has 0 radical (unpaired) electrons. The number of ether oxygens (including phenoxy) is 2. The second-order valence-corrected chi connectivity index (χ2v) is 5.87. The standard InChI is InChI=1S/C18H22N2O4/c1-22-12-15(17-7-4-8-23-17)20-18(21)19-10-13-9-14-5-2-3-6-16(14)24-11-13/h2-8,13,15H,9-12H2,1H3,(H2,19,20,21). The first kappa shape index (κ1) is 16.4. The van der Waals surface area contributed by atoms with E-state index in [1.165, 1.54) is 5.56 Å². The second-order valence-electron chi connectivity index (χ2n) is 5.87. The number of carbonyl (C=O) groups excluding carboxylic acids is 1. The number of hydrogen-bond acceptors (Lipinski definition) is 4. The molecule has 2 atom stereocenters. The van der Waals surface area contributed by atoms with Crippen LogP contribution in [0.5, 0.6) is 5.75 Å². The van der Waals surface area contributed by atoms with E-state index in [4.69, 9.17) is 13.9 Å². The van der Waals surface area contributed by atoms with Crippen molar-refractivity contribution in [2.24, 2.45) is 5.92 Å². The number of urea groups is 1. The summed E-state index contributed by atoms with van der Waals surface area (Å²) in [5.74, 6) is 1.87. The lowest BCUT2D eigenvalue weighted by molar-refractivity contribution is 0.156. The van der Waals surface area contributed by atoms with E-state index in [1.807, 2.05) is 24.3 Å². The van der Waals surface area contributed by atoms with Crippen LogP contribution >= 0.6 is 0 Å². The van der Waals surface area contributed by atoms with Crippen molar-refractivity contribution in [1.82, 2.24) is 10.6 Å². The Kier molecular flexibility index (Phi) is 5.38. The van der Waals surface area contributed by atoms with Crippen LogP contribution in [-0.4, -0.2) is 32.9 Å². The van der Waals surface area contributed by atoms with Crippen LogP contribution < -0.4 is 15.4 Å². The molecule has 2 amide bonds. The summed E-state index contributed by atoms with van der Waals surface area (Å²) in [5.41, 5.74) is 1.18. The van der Waals surface area contributed by atoms with E-state index < -0.39 is 0 Å². The third-order valence-corrected chi connectivity index (χ3v) is 4.03. The van der Waals surface area contributed by atoms with Crippen LogP contribution in [0, 0.1) is 5.92 Å². The van der Waals surface area contributed by atoms with Gasteiger partial charge in [-0.25, -0.2) is 4.79 Å². The maximum Gasteiger partial charge on any atom is 0.315 e. The van der Waals surface area contributed by atoms with Crippen molar-refractivity contribution in [2.75, 3.05) is 26.9 Å². The van der Waals surface area contributed by atoms with E-state index >= 15 is 0 Å². The quantitative estimate of drug-likeness (QED) is 0.854. The number of benzene rings is 1. The predicted octanol–water partition coefficient (Wildman–Crippen LogP) is 2.52. The number of rotatable bonds is 6. The summed E-state index contributed by atoms with van der Waals surface area (Å²) in [6.07, 6.45) is 2.48. The Morgan fingerprint density at radius 1 is 1.33 bits per heavy atom. The first-order chi connectivity index (χ1) is 11.8. The molecule has 0 fully saturated rings. The fraction of sp³-hybridized carbons (Fsp3) is 0.389. The van der Waals surface area contributed by atoms with Gasteiger partial charge in [-0.15, -0.1) is 0 Å². The largest absolute Gasteiger partial charge is 0.493 e. The van der Waals surface area contributed by atoms with Gasteiger partial charge in [-0.05, 0) is 30.2 Å². The minimum absolute atomic E-state index is 0.243. The average Bonchev–Trinajstić information content (AvgIpc) is 3.14. The van der Waals surface area contributed by atoms with Gasteiger partial charge in [-0.2, -0.15) is 0 Å². The van der Waals surface area contributed by atoms with Gasteiger partial charge in [0.15, 0.2) is 0 Å². The lowest BCUT2D eigenvalue weighted by Crippen LogP contribution is -2.43. The smallest absolute Gasteiger partial charge is 0.315 e. The molecule has 0 saturated carbocycles. The summed E-state index contributed by atoms with van der Waals surface area (Å²) in [6, 6.07) is 11.1. The van der Waals surface area contributed by atoms with Crippen LogP contribution in [0.3, 0.4) is 0 Å². The van der Waals surface area contributed by atoms with Gasteiger partial charge in [0.25, 0.3) is 0 Å². The van der Waals surface area contributed by atoms with E-state index in [1.54, 1.807) is 19.4 Å². The zero-order chi connectivity index (χ0) is 16.8. The Bertz CT molecular complexity index is 657. The minimum Gasteiger partial charge on any atom is -0.493 e. The van der Waals surface area contributed by atoms with Gasteiger partial charge in [-0.3, -0.25) is 0 Å². The molecule has 0 saturated heterocycles. The normalized spacial score (nSPS) is 17.5. The number of methoxy groups -OCH3 is 1. The topological polar surface area (TPSA) is 72.7 Å². The molecule has 2 aromatic rings. The maximum absolute atomic E-state index is 12.2. The van der Waals surface area contributed by atoms with E-state index in [0.29, 0.717) is 25.5 Å². The van der Waals surface area contributed by atoms with Crippen molar-refractivity contribution in [1.29, 1.82) is 0 Å². The summed E-state index contributed by atoms with van der Waals surface area (Å²) in [6.45, 7) is 1.51. The molecule has 1 aliphatic rings. The average molecular weight is 330 g/mol. The number of hydrogen-bond donors (Lipinski definition) is 2. The van der Waals surface area contributed by atoms with E-state index in [9.17, 15) is 4.79 Å². The highest BCUT2D eigenvalue weighted by molar-refractivity contribution is 5.74. The summed E-state index contributed by atoms with van der Waals surface area (Å²) in [7, 11) is 1.59. The van der Waals surface area contributed by atoms with Gasteiger partial charge in [-0.1, -0.05) is 18.2 Å². The summed E-state index contributed by atoms with van der Waals surface area (Å²) in [4.78, 5) is 12.2. The molecule has 1 aromatic heterocycles. The van der Waals surface area contributed by atoms with E-state index in [-0.39, 0.29) is 18.0 Å². The summed E-state index contributed by atoms with van der Waals surface area (Å²) < 4.78 is 16.2. The Balaban J connectivity index is 1.49. The molecule has 1 aliphatic heterocycles. The fourth-order valence-corrected chi connectivity index (χ4v) is 2.82. The van der Waals surface area contributed by atoms with Crippen LogP contribution in [0.4, 0.5) is 4.79 Å². The van der Waals surface area contributed by atoms with Crippen LogP contribution in [0.2, 0.25) is 0 Å². The number of amides is 2. The van der Waals surface area contributed by atoms with Crippen molar-refractivity contribution in [3.05, 3.63) is 54.0 Å². The van der Waals surface area contributed by atoms with Crippen molar-refractivity contribution in [2.45, 2.75) is 12.5 Å². The van der Waals surface area contributed by atoms with Gasteiger partial charge < -0.3 is 24.5 Å². The van der Waals surface area contributed by atoms with Crippen LogP contribution in [0.1, 0.15) is 17.4 Å². The minimum atomic E-state index is -0.312. The molecule has 0 bridgehead atoms. The van der Waals surface area contributed by atoms with Crippen molar-refractivity contribution < 1.29 is 18.7 Å². The van der Waals surface area contributed by atoms with Gasteiger partial charge >= 0.3 is 6.03 Å². The van der Waals surface area contributed by atoms with E-state index in [2.05, 4.69) is 16.7 Å². The molecule has 0 spiro atoms. The molecule has 6 heteroatoms. The number of para-hydroxylation sites is 1. The molecule has 2 unspecified atom stereocenters.